The summed E-state index contributed by atoms with van der Waals surface area (Å²) in [5, 5.41) is 0. The maximum atomic E-state index is 12.6. The van der Waals surface area contributed by atoms with Gasteiger partial charge in [-0.3, -0.25) is 0 Å². The zero-order chi connectivity index (χ0) is 17.2. The number of piperazine rings is 1. The van der Waals surface area contributed by atoms with E-state index in [4.69, 9.17) is 0 Å². The summed E-state index contributed by atoms with van der Waals surface area (Å²) in [5.74, 6) is 1.31. The lowest BCUT2D eigenvalue weighted by molar-refractivity contribution is 0.312. The van der Waals surface area contributed by atoms with Gasteiger partial charge in [-0.25, -0.2) is 18.4 Å². The van der Waals surface area contributed by atoms with Crippen LogP contribution >= 0.6 is 0 Å². The lowest BCUT2D eigenvalue weighted by Gasteiger charge is -2.33. The van der Waals surface area contributed by atoms with Crippen molar-refractivity contribution in [3.8, 4) is 0 Å². The molecule has 1 aliphatic rings. The van der Waals surface area contributed by atoms with Gasteiger partial charge < -0.3 is 9.80 Å². The number of likely N-dealkylation sites (N-methyl/N-ethyl adjacent to an activating group) is 1. The minimum Gasteiger partial charge on any atom is -0.354 e. The van der Waals surface area contributed by atoms with Gasteiger partial charge in [0.1, 0.15) is 11.6 Å². The second-order valence-electron chi connectivity index (χ2n) is 6.13. The first-order valence-electron chi connectivity index (χ1n) is 8.00. The van der Waals surface area contributed by atoms with Gasteiger partial charge in [-0.1, -0.05) is 18.2 Å². The van der Waals surface area contributed by atoms with E-state index in [9.17, 15) is 8.42 Å². The first-order valence-corrected chi connectivity index (χ1v) is 9.65. The van der Waals surface area contributed by atoms with Crippen molar-refractivity contribution in [1.29, 1.82) is 0 Å². The molecule has 0 amide bonds. The van der Waals surface area contributed by atoms with Crippen LogP contribution in [0, 0.1) is 6.92 Å². The monoisotopic (exact) mass is 346 g/mol. The van der Waals surface area contributed by atoms with Crippen molar-refractivity contribution < 1.29 is 8.42 Å². The molecule has 0 N–H and O–H groups in total. The third-order valence-corrected chi connectivity index (χ3v) is 5.81. The van der Waals surface area contributed by atoms with E-state index in [1.54, 1.807) is 43.3 Å². The lowest BCUT2D eigenvalue weighted by Crippen LogP contribution is -2.45. The van der Waals surface area contributed by atoms with E-state index < -0.39 is 9.84 Å². The molecule has 2 heterocycles. The predicted octanol–water partition coefficient (Wildman–Crippen LogP) is 1.51. The van der Waals surface area contributed by atoms with Crippen molar-refractivity contribution in [2.75, 3.05) is 38.1 Å². The molecule has 1 aliphatic heterocycles. The average Bonchev–Trinajstić information content (AvgIpc) is 2.55. The van der Waals surface area contributed by atoms with E-state index in [2.05, 4.69) is 26.8 Å². The van der Waals surface area contributed by atoms with Gasteiger partial charge >= 0.3 is 0 Å². The van der Waals surface area contributed by atoms with E-state index in [1.165, 1.54) is 0 Å². The van der Waals surface area contributed by atoms with Gasteiger partial charge in [0.2, 0.25) is 0 Å². The Bertz CT molecular complexity index is 801. The summed E-state index contributed by atoms with van der Waals surface area (Å²) < 4.78 is 25.1. The second-order valence-corrected chi connectivity index (χ2v) is 8.12. The number of hydrogen-bond acceptors (Lipinski definition) is 6. The van der Waals surface area contributed by atoms with E-state index in [-0.39, 0.29) is 5.75 Å². The van der Waals surface area contributed by atoms with Crippen LogP contribution in [0.1, 0.15) is 11.5 Å². The zero-order valence-corrected chi connectivity index (χ0v) is 14.8. The number of rotatable bonds is 4. The van der Waals surface area contributed by atoms with Crippen LogP contribution in [0.25, 0.3) is 0 Å². The van der Waals surface area contributed by atoms with Crippen LogP contribution in [0.3, 0.4) is 0 Å². The highest BCUT2D eigenvalue weighted by Gasteiger charge is 2.20. The quantitative estimate of drug-likeness (QED) is 0.836. The first kappa shape index (κ1) is 16.9. The van der Waals surface area contributed by atoms with Gasteiger partial charge in [-0.15, -0.1) is 0 Å². The van der Waals surface area contributed by atoms with Gasteiger partial charge in [0, 0.05) is 32.2 Å². The summed E-state index contributed by atoms with van der Waals surface area (Å²) in [5.41, 5.74) is 0.542. The highest BCUT2D eigenvalue weighted by molar-refractivity contribution is 7.90. The molecular weight excluding hydrogens is 324 g/mol. The fourth-order valence-electron chi connectivity index (χ4n) is 2.79. The number of aryl methyl sites for hydroxylation is 1. The van der Waals surface area contributed by atoms with Gasteiger partial charge in [-0.2, -0.15) is 0 Å². The smallest absolute Gasteiger partial charge is 0.184 e. The van der Waals surface area contributed by atoms with Crippen molar-refractivity contribution in [2.45, 2.75) is 17.6 Å². The molecule has 0 bridgehead atoms. The fraction of sp³-hybridized carbons (Fsp3) is 0.412. The van der Waals surface area contributed by atoms with Crippen molar-refractivity contribution in [1.82, 2.24) is 14.9 Å². The van der Waals surface area contributed by atoms with Crippen LogP contribution in [0.15, 0.2) is 41.3 Å². The number of sulfone groups is 1. The van der Waals surface area contributed by atoms with Gasteiger partial charge in [-0.05, 0) is 26.1 Å². The van der Waals surface area contributed by atoms with Crippen molar-refractivity contribution in [3.63, 3.8) is 0 Å². The maximum Gasteiger partial charge on any atom is 0.184 e. The minimum atomic E-state index is -3.40. The van der Waals surface area contributed by atoms with Crippen LogP contribution in [-0.4, -0.2) is 56.5 Å². The Morgan fingerprint density at radius 1 is 1.04 bits per heavy atom. The first-order chi connectivity index (χ1) is 11.4. The molecule has 1 aromatic heterocycles. The molecule has 0 atom stereocenters. The number of nitrogens with zero attached hydrogens (tertiary/aromatic N) is 4. The lowest BCUT2D eigenvalue weighted by atomic mass is 10.3. The maximum absolute atomic E-state index is 12.6. The highest BCUT2D eigenvalue weighted by Crippen LogP contribution is 2.19. The molecule has 0 saturated carbocycles. The molecule has 1 saturated heterocycles. The normalized spacial score (nSPS) is 16.3. The molecule has 3 rings (SSSR count). The minimum absolute atomic E-state index is 0.110. The molecule has 0 unspecified atom stereocenters. The Hall–Kier alpha value is -1.99. The largest absolute Gasteiger partial charge is 0.354 e. The highest BCUT2D eigenvalue weighted by atomic mass is 32.2. The molecule has 24 heavy (non-hydrogen) atoms. The Balaban J connectivity index is 1.84. The fourth-order valence-corrected chi connectivity index (χ4v) is 4.07. The Kier molecular flexibility index (Phi) is 4.82. The topological polar surface area (TPSA) is 66.4 Å². The molecule has 6 nitrogen and oxygen atoms in total. The molecule has 1 aromatic carbocycles. The standard InChI is InChI=1S/C17H22N4O2S/c1-14-18-15(13-24(22,23)16-6-4-3-5-7-16)12-17(19-14)21-10-8-20(2)9-11-21/h3-7,12H,8-11,13H2,1-2H3. The molecule has 2 aromatic rings. The summed E-state index contributed by atoms with van der Waals surface area (Å²) in [6.45, 7) is 5.52. The van der Waals surface area contributed by atoms with E-state index in [0.29, 0.717) is 16.4 Å². The molecule has 0 spiro atoms. The van der Waals surface area contributed by atoms with Crippen LogP contribution in [-0.2, 0) is 15.6 Å². The molecular formula is C17H22N4O2S. The van der Waals surface area contributed by atoms with Crippen LogP contribution in [0.2, 0.25) is 0 Å². The average molecular weight is 346 g/mol. The number of aromatic nitrogens is 2. The van der Waals surface area contributed by atoms with E-state index in [0.717, 1.165) is 32.0 Å². The summed E-state index contributed by atoms with van der Waals surface area (Å²) in [4.78, 5) is 13.6. The number of benzene rings is 1. The molecule has 128 valence electrons. The molecule has 7 heteroatoms. The molecule has 0 aliphatic carbocycles. The second kappa shape index (κ2) is 6.86. The van der Waals surface area contributed by atoms with Crippen LogP contribution < -0.4 is 4.90 Å². The molecule has 0 radical (unpaired) electrons. The number of anilines is 1. The van der Waals surface area contributed by atoms with Crippen molar-refractivity contribution in [3.05, 3.63) is 47.9 Å². The van der Waals surface area contributed by atoms with Crippen LogP contribution in [0.4, 0.5) is 5.82 Å². The third-order valence-electron chi connectivity index (χ3n) is 4.14. The Morgan fingerprint density at radius 3 is 2.38 bits per heavy atom. The van der Waals surface area contributed by atoms with E-state index >= 15 is 0 Å². The van der Waals surface area contributed by atoms with Gasteiger partial charge in [0.15, 0.2) is 9.84 Å². The van der Waals surface area contributed by atoms with Crippen molar-refractivity contribution >= 4 is 15.7 Å². The van der Waals surface area contributed by atoms with Crippen molar-refractivity contribution in [2.24, 2.45) is 0 Å². The molecule has 1 fully saturated rings. The number of hydrogen-bond donors (Lipinski definition) is 0. The zero-order valence-electron chi connectivity index (χ0n) is 14.0. The summed E-state index contributed by atoms with van der Waals surface area (Å²) >= 11 is 0. The van der Waals surface area contributed by atoms with Crippen LogP contribution in [0.5, 0.6) is 0 Å². The van der Waals surface area contributed by atoms with Gasteiger partial charge in [0.05, 0.1) is 16.3 Å². The summed E-state index contributed by atoms with van der Waals surface area (Å²) in [6, 6.07) is 10.3. The predicted molar refractivity (Wildman–Crippen MR) is 93.8 cm³/mol. The Labute approximate surface area is 143 Å². The van der Waals surface area contributed by atoms with Gasteiger partial charge in [0.25, 0.3) is 0 Å². The summed E-state index contributed by atoms with van der Waals surface area (Å²) in [7, 11) is -1.31. The Morgan fingerprint density at radius 2 is 1.71 bits per heavy atom. The third kappa shape index (κ3) is 3.91. The summed E-state index contributed by atoms with van der Waals surface area (Å²) in [6.07, 6.45) is 0. The SMILES string of the molecule is Cc1nc(CS(=O)(=O)c2ccccc2)cc(N2CCN(C)CC2)n1. The van der Waals surface area contributed by atoms with E-state index in [1.807, 2.05) is 0 Å².